The average Bonchev–Trinajstić information content (AvgIpc) is 2.44. The zero-order chi connectivity index (χ0) is 14.5. The summed E-state index contributed by atoms with van der Waals surface area (Å²) in [6.07, 6.45) is 3.82. The van der Waals surface area contributed by atoms with E-state index in [0.717, 1.165) is 29.9 Å². The second kappa shape index (κ2) is 6.52. The first-order valence-electron chi connectivity index (χ1n) is 6.77. The highest BCUT2D eigenvalue weighted by Crippen LogP contribution is 2.25. The molecule has 2 rings (SSSR count). The Morgan fingerprint density at radius 2 is 2.05 bits per heavy atom. The van der Waals surface area contributed by atoms with Gasteiger partial charge < -0.3 is 5.32 Å². The van der Waals surface area contributed by atoms with E-state index in [1.807, 2.05) is 19.9 Å². The SMILES string of the molecule is CCCNC(c1ccncc1F)c1cc(C)nnc1C. The largest absolute Gasteiger partial charge is 0.306 e. The van der Waals surface area contributed by atoms with Crippen molar-refractivity contribution in [2.45, 2.75) is 33.2 Å². The Kier molecular flexibility index (Phi) is 4.74. The van der Waals surface area contributed by atoms with Gasteiger partial charge in [0.25, 0.3) is 0 Å². The molecule has 5 heteroatoms. The number of aryl methyl sites for hydroxylation is 2. The molecule has 0 saturated heterocycles. The number of hydrogen-bond acceptors (Lipinski definition) is 4. The molecule has 2 heterocycles. The van der Waals surface area contributed by atoms with E-state index in [2.05, 4.69) is 27.4 Å². The van der Waals surface area contributed by atoms with Gasteiger partial charge in [-0.25, -0.2) is 4.39 Å². The summed E-state index contributed by atoms with van der Waals surface area (Å²) in [5.74, 6) is -0.310. The molecule has 20 heavy (non-hydrogen) atoms. The van der Waals surface area contributed by atoms with Crippen LogP contribution in [0.5, 0.6) is 0 Å². The monoisotopic (exact) mass is 274 g/mol. The molecule has 0 aliphatic carbocycles. The van der Waals surface area contributed by atoms with Crippen molar-refractivity contribution in [1.29, 1.82) is 0 Å². The summed E-state index contributed by atoms with van der Waals surface area (Å²) in [6, 6.07) is 3.43. The minimum absolute atomic E-state index is 0.229. The maximum atomic E-state index is 14.0. The summed E-state index contributed by atoms with van der Waals surface area (Å²) in [7, 11) is 0. The molecular weight excluding hydrogens is 255 g/mol. The van der Waals surface area contributed by atoms with Crippen molar-refractivity contribution < 1.29 is 4.39 Å². The highest BCUT2D eigenvalue weighted by Gasteiger charge is 2.20. The lowest BCUT2D eigenvalue weighted by Crippen LogP contribution is -2.25. The zero-order valence-electron chi connectivity index (χ0n) is 12.0. The van der Waals surface area contributed by atoms with Gasteiger partial charge in [0.2, 0.25) is 0 Å². The van der Waals surface area contributed by atoms with E-state index in [-0.39, 0.29) is 11.9 Å². The fourth-order valence-corrected chi connectivity index (χ4v) is 2.16. The highest BCUT2D eigenvalue weighted by atomic mass is 19.1. The van der Waals surface area contributed by atoms with E-state index in [9.17, 15) is 4.39 Å². The molecule has 2 aromatic heterocycles. The first-order valence-corrected chi connectivity index (χ1v) is 6.77. The number of aromatic nitrogens is 3. The number of pyridine rings is 1. The van der Waals surface area contributed by atoms with Crippen molar-refractivity contribution in [2.75, 3.05) is 6.54 Å². The van der Waals surface area contributed by atoms with Crippen molar-refractivity contribution in [3.8, 4) is 0 Å². The van der Waals surface area contributed by atoms with Crippen LogP contribution in [0.3, 0.4) is 0 Å². The van der Waals surface area contributed by atoms with Crippen LogP contribution < -0.4 is 5.32 Å². The molecular formula is C15H19FN4. The van der Waals surface area contributed by atoms with Gasteiger partial charge in [0.15, 0.2) is 0 Å². The summed E-state index contributed by atoms with van der Waals surface area (Å²) in [5, 5.41) is 11.5. The third-order valence-corrected chi connectivity index (χ3v) is 3.16. The zero-order valence-corrected chi connectivity index (χ0v) is 12.0. The normalized spacial score (nSPS) is 12.4. The predicted octanol–water partition coefficient (Wildman–Crippen LogP) is 2.72. The van der Waals surface area contributed by atoms with E-state index in [1.54, 1.807) is 12.3 Å². The minimum atomic E-state index is -0.310. The predicted molar refractivity (Wildman–Crippen MR) is 75.8 cm³/mol. The number of rotatable bonds is 5. The molecule has 1 N–H and O–H groups in total. The molecule has 4 nitrogen and oxygen atoms in total. The maximum absolute atomic E-state index is 14.0. The molecule has 1 atom stereocenters. The molecule has 106 valence electrons. The van der Waals surface area contributed by atoms with Gasteiger partial charge >= 0.3 is 0 Å². The Bertz CT molecular complexity index is 586. The molecule has 0 aliphatic heterocycles. The van der Waals surface area contributed by atoms with Gasteiger partial charge in [0, 0.05) is 11.8 Å². The molecule has 0 spiro atoms. The lowest BCUT2D eigenvalue weighted by Gasteiger charge is -2.21. The van der Waals surface area contributed by atoms with Gasteiger partial charge in [0.05, 0.1) is 23.6 Å². The van der Waals surface area contributed by atoms with Crippen molar-refractivity contribution >= 4 is 0 Å². The summed E-state index contributed by atoms with van der Waals surface area (Å²) in [5.41, 5.74) is 3.17. The highest BCUT2D eigenvalue weighted by molar-refractivity contribution is 5.34. The standard InChI is InChI=1S/C15H19FN4/c1-4-6-18-15(12-5-7-17-9-14(12)16)13-8-10(2)19-20-11(13)3/h5,7-9,15,18H,4,6H2,1-3H3. The molecule has 0 aromatic carbocycles. The van der Waals surface area contributed by atoms with Crippen LogP contribution in [-0.4, -0.2) is 21.7 Å². The summed E-state index contributed by atoms with van der Waals surface area (Å²) < 4.78 is 14.0. The van der Waals surface area contributed by atoms with Gasteiger partial charge in [0.1, 0.15) is 5.82 Å². The maximum Gasteiger partial charge on any atom is 0.146 e. The smallest absolute Gasteiger partial charge is 0.146 e. The van der Waals surface area contributed by atoms with Crippen LogP contribution in [-0.2, 0) is 0 Å². The molecule has 0 fully saturated rings. The van der Waals surface area contributed by atoms with Crippen molar-refractivity contribution in [3.63, 3.8) is 0 Å². The van der Waals surface area contributed by atoms with E-state index >= 15 is 0 Å². The van der Waals surface area contributed by atoms with Gasteiger partial charge in [-0.05, 0) is 44.5 Å². The average molecular weight is 274 g/mol. The van der Waals surface area contributed by atoms with Crippen LogP contribution in [0.2, 0.25) is 0 Å². The van der Waals surface area contributed by atoms with Crippen LogP contribution in [0.15, 0.2) is 24.5 Å². The molecule has 0 aliphatic rings. The first kappa shape index (κ1) is 14.5. The number of halogens is 1. The molecule has 0 saturated carbocycles. The van der Waals surface area contributed by atoms with Gasteiger partial charge in [-0.3, -0.25) is 4.98 Å². The Morgan fingerprint density at radius 1 is 1.25 bits per heavy atom. The first-order chi connectivity index (χ1) is 9.63. The van der Waals surface area contributed by atoms with Crippen LogP contribution >= 0.6 is 0 Å². The third-order valence-electron chi connectivity index (χ3n) is 3.16. The Balaban J connectivity index is 2.47. The number of nitrogens with zero attached hydrogens (tertiary/aromatic N) is 3. The van der Waals surface area contributed by atoms with Crippen molar-refractivity contribution in [2.24, 2.45) is 0 Å². The van der Waals surface area contributed by atoms with Crippen molar-refractivity contribution in [1.82, 2.24) is 20.5 Å². The Morgan fingerprint density at radius 3 is 2.75 bits per heavy atom. The van der Waals surface area contributed by atoms with Crippen LogP contribution in [0.1, 0.15) is 41.9 Å². The lowest BCUT2D eigenvalue weighted by atomic mass is 9.97. The van der Waals surface area contributed by atoms with Gasteiger partial charge in [-0.15, -0.1) is 0 Å². The van der Waals surface area contributed by atoms with E-state index < -0.39 is 0 Å². The van der Waals surface area contributed by atoms with E-state index in [1.165, 1.54) is 6.20 Å². The van der Waals surface area contributed by atoms with Crippen LogP contribution in [0, 0.1) is 19.7 Å². The molecule has 0 amide bonds. The molecule has 0 radical (unpaired) electrons. The van der Waals surface area contributed by atoms with Crippen LogP contribution in [0.25, 0.3) is 0 Å². The van der Waals surface area contributed by atoms with E-state index in [0.29, 0.717) is 5.56 Å². The molecule has 1 unspecified atom stereocenters. The summed E-state index contributed by atoms with van der Waals surface area (Å²) >= 11 is 0. The van der Waals surface area contributed by atoms with E-state index in [4.69, 9.17) is 0 Å². The molecule has 2 aromatic rings. The summed E-state index contributed by atoms with van der Waals surface area (Å²) in [4.78, 5) is 3.81. The topological polar surface area (TPSA) is 50.7 Å². The Hall–Kier alpha value is -1.88. The quantitative estimate of drug-likeness (QED) is 0.910. The third kappa shape index (κ3) is 3.17. The molecule has 0 bridgehead atoms. The van der Waals surface area contributed by atoms with Gasteiger partial charge in [-0.2, -0.15) is 10.2 Å². The van der Waals surface area contributed by atoms with Crippen molar-refractivity contribution in [3.05, 3.63) is 52.9 Å². The minimum Gasteiger partial charge on any atom is -0.306 e. The Labute approximate surface area is 118 Å². The number of hydrogen-bond donors (Lipinski definition) is 1. The number of nitrogens with one attached hydrogen (secondary N) is 1. The van der Waals surface area contributed by atoms with Gasteiger partial charge in [-0.1, -0.05) is 6.92 Å². The lowest BCUT2D eigenvalue weighted by molar-refractivity contribution is 0.539. The fourth-order valence-electron chi connectivity index (χ4n) is 2.16. The summed E-state index contributed by atoms with van der Waals surface area (Å²) in [6.45, 7) is 6.65. The second-order valence-electron chi connectivity index (χ2n) is 4.81. The second-order valence-corrected chi connectivity index (χ2v) is 4.81. The fraction of sp³-hybridized carbons (Fsp3) is 0.400. The van der Waals surface area contributed by atoms with Crippen LogP contribution in [0.4, 0.5) is 4.39 Å².